The van der Waals surface area contributed by atoms with Crippen molar-refractivity contribution in [2.24, 2.45) is 17.3 Å². The molecule has 266 valence electrons. The van der Waals surface area contributed by atoms with Gasteiger partial charge in [-0.2, -0.15) is 0 Å². The maximum Gasteiger partial charge on any atom is 0.338 e. The molecule has 1 aromatic carbocycles. The topological polar surface area (TPSA) is 158 Å². The van der Waals surface area contributed by atoms with Crippen molar-refractivity contribution in [2.45, 2.75) is 105 Å². The summed E-state index contributed by atoms with van der Waals surface area (Å²) in [4.78, 5) is 76.8. The lowest BCUT2D eigenvalue weighted by atomic mass is 9.76. The summed E-state index contributed by atoms with van der Waals surface area (Å²) >= 11 is 0. The van der Waals surface area contributed by atoms with Crippen LogP contribution in [0.3, 0.4) is 0 Å². The average Bonchev–Trinajstić information content (AvgIpc) is 3.27. The van der Waals surface area contributed by atoms with E-state index in [1.807, 2.05) is 13.0 Å². The summed E-state index contributed by atoms with van der Waals surface area (Å²) in [6, 6.07) is 8.33. The number of carbonyl (C=O) groups excluding carboxylic acids is 6. The summed E-state index contributed by atoms with van der Waals surface area (Å²) in [5.41, 5.74) is -2.03. The molecular formula is C37H46O12. The number of hydrogen-bond donors (Lipinski definition) is 0. The van der Waals surface area contributed by atoms with Crippen LogP contribution in [0.1, 0.15) is 79.6 Å². The third-order valence-corrected chi connectivity index (χ3v) is 8.30. The molecule has 0 aliphatic heterocycles. The molecule has 2 aliphatic carbocycles. The number of benzene rings is 1. The number of ether oxygens (including phenoxy) is 6. The Kier molecular flexibility index (Phi) is 12.4. The molecule has 0 aromatic heterocycles. The maximum absolute atomic E-state index is 13.4. The first-order valence-electron chi connectivity index (χ1n) is 16.0. The highest BCUT2D eigenvalue weighted by Gasteiger charge is 2.54. The van der Waals surface area contributed by atoms with Crippen LogP contribution in [0.4, 0.5) is 0 Å². The number of carbonyl (C=O) groups is 6. The van der Waals surface area contributed by atoms with Gasteiger partial charge < -0.3 is 28.4 Å². The molecular weight excluding hydrogens is 636 g/mol. The van der Waals surface area contributed by atoms with Crippen molar-refractivity contribution in [2.75, 3.05) is 0 Å². The van der Waals surface area contributed by atoms with Gasteiger partial charge in [-0.1, -0.05) is 64.1 Å². The van der Waals surface area contributed by atoms with Gasteiger partial charge in [-0.05, 0) is 36.3 Å². The first kappa shape index (κ1) is 38.7. The van der Waals surface area contributed by atoms with Crippen molar-refractivity contribution in [1.29, 1.82) is 0 Å². The third kappa shape index (κ3) is 9.67. The zero-order valence-electron chi connectivity index (χ0n) is 29.6. The van der Waals surface area contributed by atoms with Crippen LogP contribution >= 0.6 is 0 Å². The molecule has 0 unspecified atom stereocenters. The molecule has 0 spiro atoms. The quantitative estimate of drug-likeness (QED) is 0.216. The van der Waals surface area contributed by atoms with Gasteiger partial charge in [0.15, 0.2) is 23.9 Å². The number of hydrogen-bond acceptors (Lipinski definition) is 12. The first-order valence-corrected chi connectivity index (χ1v) is 16.0. The van der Waals surface area contributed by atoms with Crippen molar-refractivity contribution in [3.05, 3.63) is 71.3 Å². The largest absolute Gasteiger partial charge is 0.458 e. The summed E-state index contributed by atoms with van der Waals surface area (Å²) in [5.74, 6) is -5.35. The molecule has 0 fully saturated rings. The summed E-state index contributed by atoms with van der Waals surface area (Å²) < 4.78 is 35.4. The molecule has 0 amide bonds. The summed E-state index contributed by atoms with van der Waals surface area (Å²) in [5, 5.41) is 0. The van der Waals surface area contributed by atoms with Gasteiger partial charge in [0.2, 0.25) is 0 Å². The van der Waals surface area contributed by atoms with Gasteiger partial charge in [0.05, 0.1) is 5.56 Å². The summed E-state index contributed by atoms with van der Waals surface area (Å²) in [7, 11) is 0. The Balaban J connectivity index is 2.46. The fourth-order valence-electron chi connectivity index (χ4n) is 6.27. The number of rotatable bonds is 7. The van der Waals surface area contributed by atoms with E-state index < -0.39 is 89.2 Å². The van der Waals surface area contributed by atoms with Crippen LogP contribution in [0, 0.1) is 17.3 Å². The molecule has 12 heteroatoms. The monoisotopic (exact) mass is 682 g/mol. The molecule has 49 heavy (non-hydrogen) atoms. The van der Waals surface area contributed by atoms with Crippen molar-refractivity contribution in [3.8, 4) is 0 Å². The van der Waals surface area contributed by atoms with Crippen molar-refractivity contribution < 1.29 is 57.2 Å². The fraction of sp³-hybridized carbons (Fsp3) is 0.514. The molecule has 0 heterocycles. The van der Waals surface area contributed by atoms with Crippen LogP contribution in [0.25, 0.3) is 0 Å². The van der Waals surface area contributed by atoms with Gasteiger partial charge >= 0.3 is 35.8 Å². The number of esters is 6. The van der Waals surface area contributed by atoms with Gasteiger partial charge in [-0.3, -0.25) is 24.0 Å². The molecule has 0 saturated heterocycles. The summed E-state index contributed by atoms with van der Waals surface area (Å²) in [6.07, 6.45) is 0.399. The second kappa shape index (κ2) is 15.7. The molecule has 0 N–H and O–H groups in total. The van der Waals surface area contributed by atoms with Crippen LogP contribution in [0.15, 0.2) is 65.8 Å². The predicted molar refractivity (Wildman–Crippen MR) is 175 cm³/mol. The van der Waals surface area contributed by atoms with Crippen LogP contribution < -0.4 is 0 Å². The van der Waals surface area contributed by atoms with Crippen LogP contribution in [0.5, 0.6) is 0 Å². The lowest BCUT2D eigenvalue weighted by Gasteiger charge is -2.44. The lowest BCUT2D eigenvalue weighted by Crippen LogP contribution is -2.59. The van der Waals surface area contributed by atoms with E-state index in [9.17, 15) is 28.8 Å². The standard InChI is InChI=1S/C37H46O12/c1-20-16-17-36(8,9)33(46-24(5)40)32(45-23(4)39)34(47-25(6)41)37(10,49-26(7)42)19-29-28(30(20)44-22(3)38)18-21(2)31(29)48-35(43)27-14-12-11-13-15-27/h11-21,30-34H,1-10H3/b17-16+,29-19-/t20-,21-,30-,31-,32+,33+,34+,37-/m1/s1. The Morgan fingerprint density at radius 1 is 0.612 bits per heavy atom. The van der Waals surface area contributed by atoms with Crippen LogP contribution in [0.2, 0.25) is 0 Å². The van der Waals surface area contributed by atoms with E-state index in [-0.39, 0.29) is 5.56 Å². The molecule has 8 atom stereocenters. The second-order valence-corrected chi connectivity index (χ2v) is 13.3. The second-order valence-electron chi connectivity index (χ2n) is 13.3. The van der Waals surface area contributed by atoms with Gasteiger partial charge in [0.1, 0.15) is 12.2 Å². The zero-order valence-corrected chi connectivity index (χ0v) is 29.6. The van der Waals surface area contributed by atoms with E-state index in [0.717, 1.165) is 20.8 Å². The van der Waals surface area contributed by atoms with Gasteiger partial charge in [0.25, 0.3) is 0 Å². The molecule has 0 bridgehead atoms. The molecule has 12 nitrogen and oxygen atoms in total. The van der Waals surface area contributed by atoms with Gasteiger partial charge in [-0.25, -0.2) is 4.79 Å². The molecule has 0 saturated carbocycles. The summed E-state index contributed by atoms with van der Waals surface area (Å²) in [6.45, 7) is 14.4. The average molecular weight is 683 g/mol. The predicted octanol–water partition coefficient (Wildman–Crippen LogP) is 5.00. The molecule has 0 radical (unpaired) electrons. The van der Waals surface area contributed by atoms with E-state index in [1.165, 1.54) is 26.8 Å². The van der Waals surface area contributed by atoms with Crippen molar-refractivity contribution in [1.82, 2.24) is 0 Å². The molecule has 1 aromatic rings. The van der Waals surface area contributed by atoms with E-state index in [1.54, 1.807) is 63.3 Å². The Labute approximate surface area is 286 Å². The number of fused-ring (bicyclic) bond motifs is 1. The minimum Gasteiger partial charge on any atom is -0.458 e. The maximum atomic E-state index is 13.4. The zero-order chi connectivity index (χ0) is 36.8. The Hall–Kier alpha value is -4.74. The smallest absolute Gasteiger partial charge is 0.338 e. The van der Waals surface area contributed by atoms with Crippen LogP contribution in [-0.2, 0) is 52.4 Å². The SMILES string of the molecule is CC(=O)O[C@H]1[C@H](OC(C)=O)C(C)(C)/C=C/[C@@H](C)[C@@H](OC(C)=O)C2=C[C@@H](C)[C@@H](OC(=O)c3ccccc3)/C2=C\[C@@](C)(OC(C)=O)[C@H]1OC(C)=O. The van der Waals surface area contributed by atoms with Gasteiger partial charge in [-0.15, -0.1) is 0 Å². The highest BCUT2D eigenvalue weighted by atomic mass is 16.6. The Bertz CT molecular complexity index is 1540. The highest BCUT2D eigenvalue weighted by Crippen LogP contribution is 2.44. The van der Waals surface area contributed by atoms with E-state index in [4.69, 9.17) is 28.4 Å². The Morgan fingerprint density at radius 2 is 1.14 bits per heavy atom. The van der Waals surface area contributed by atoms with E-state index in [0.29, 0.717) is 11.1 Å². The molecule has 2 aliphatic rings. The fourth-order valence-corrected chi connectivity index (χ4v) is 6.27. The van der Waals surface area contributed by atoms with Crippen LogP contribution in [-0.4, -0.2) is 71.9 Å². The Morgan fingerprint density at radius 3 is 1.67 bits per heavy atom. The van der Waals surface area contributed by atoms with Crippen molar-refractivity contribution >= 4 is 35.8 Å². The van der Waals surface area contributed by atoms with E-state index >= 15 is 0 Å². The highest BCUT2D eigenvalue weighted by molar-refractivity contribution is 5.89. The first-order chi connectivity index (χ1) is 22.8. The minimum atomic E-state index is -1.96. The third-order valence-electron chi connectivity index (χ3n) is 8.30. The lowest BCUT2D eigenvalue weighted by molar-refractivity contribution is -0.213. The van der Waals surface area contributed by atoms with E-state index in [2.05, 4.69) is 0 Å². The minimum absolute atomic E-state index is 0.284. The van der Waals surface area contributed by atoms with Crippen molar-refractivity contribution in [3.63, 3.8) is 0 Å². The normalized spacial score (nSPS) is 31.0. The molecule has 3 rings (SSSR count). The van der Waals surface area contributed by atoms with Gasteiger partial charge in [0, 0.05) is 51.9 Å².